The molecule has 1 aliphatic heterocycles. The zero-order valence-corrected chi connectivity index (χ0v) is 21.9. The van der Waals surface area contributed by atoms with Gasteiger partial charge in [-0.05, 0) is 59.7 Å². The van der Waals surface area contributed by atoms with E-state index < -0.39 is 25.7 Å². The van der Waals surface area contributed by atoms with Crippen LogP contribution in [0.2, 0.25) is 18.1 Å². The van der Waals surface area contributed by atoms with Crippen LogP contribution in [0.5, 0.6) is 0 Å². The molecular formula is C18H42O6Si3. The second kappa shape index (κ2) is 11.0. The van der Waals surface area contributed by atoms with Gasteiger partial charge >= 0.3 is 25.7 Å². The van der Waals surface area contributed by atoms with Crippen LogP contribution < -0.4 is 0 Å². The van der Waals surface area contributed by atoms with E-state index in [0.29, 0.717) is 18.7 Å². The minimum absolute atomic E-state index is 0.144. The Morgan fingerprint density at radius 2 is 0.741 bits per heavy atom. The summed E-state index contributed by atoms with van der Waals surface area (Å²) < 4.78 is 38.4. The molecule has 0 N–H and O–H groups in total. The summed E-state index contributed by atoms with van der Waals surface area (Å²) in [6.45, 7) is 18.8. The standard InChI is InChI=1S/C18H42O6Si3/c1-10-25(13-19-16(4)5)22-26(11-2,14-20-17(6)7)24-27(12-3,23-25)15-21-18(8)9/h16-18H,10-15H2,1-9H3. The minimum Gasteiger partial charge on any atom is -0.413 e. The topological polar surface area (TPSA) is 55.4 Å². The van der Waals surface area contributed by atoms with Crippen LogP contribution >= 0.6 is 0 Å². The van der Waals surface area contributed by atoms with E-state index in [-0.39, 0.29) is 18.3 Å². The molecule has 27 heavy (non-hydrogen) atoms. The molecule has 1 aliphatic rings. The largest absolute Gasteiger partial charge is 0.413 e. The van der Waals surface area contributed by atoms with Gasteiger partial charge in [-0.25, -0.2) is 0 Å². The van der Waals surface area contributed by atoms with Crippen molar-refractivity contribution in [3.63, 3.8) is 0 Å². The first kappa shape index (κ1) is 25.4. The Balaban J connectivity index is 3.22. The van der Waals surface area contributed by atoms with Gasteiger partial charge in [0, 0.05) is 0 Å². The Labute approximate surface area is 170 Å². The summed E-state index contributed by atoms with van der Waals surface area (Å²) >= 11 is 0. The maximum absolute atomic E-state index is 6.79. The summed E-state index contributed by atoms with van der Waals surface area (Å²) in [5, 5.41) is 0. The molecular weight excluding hydrogens is 396 g/mol. The average Bonchev–Trinajstić information content (AvgIpc) is 2.63. The lowest BCUT2D eigenvalue weighted by Gasteiger charge is -2.52. The van der Waals surface area contributed by atoms with E-state index in [4.69, 9.17) is 26.6 Å². The van der Waals surface area contributed by atoms with Crippen molar-refractivity contribution in [1.29, 1.82) is 0 Å². The third-order valence-electron chi connectivity index (χ3n) is 4.64. The van der Waals surface area contributed by atoms with Crippen LogP contribution in [0, 0.1) is 0 Å². The van der Waals surface area contributed by atoms with Crippen molar-refractivity contribution >= 4 is 25.7 Å². The molecule has 0 atom stereocenters. The molecule has 1 saturated heterocycles. The normalized spacial score (nSPS) is 32.0. The van der Waals surface area contributed by atoms with E-state index in [9.17, 15) is 0 Å². The smallest absolute Gasteiger partial charge is 0.347 e. The maximum atomic E-state index is 6.79. The van der Waals surface area contributed by atoms with Crippen LogP contribution in [0.1, 0.15) is 62.3 Å². The van der Waals surface area contributed by atoms with Crippen LogP contribution in [0.15, 0.2) is 0 Å². The fourth-order valence-electron chi connectivity index (χ4n) is 2.88. The van der Waals surface area contributed by atoms with Gasteiger partial charge in [0.2, 0.25) is 0 Å². The van der Waals surface area contributed by atoms with Gasteiger partial charge in [0.25, 0.3) is 0 Å². The van der Waals surface area contributed by atoms with Gasteiger partial charge in [0.15, 0.2) is 0 Å². The van der Waals surface area contributed by atoms with Gasteiger partial charge in [0.05, 0.1) is 37.0 Å². The van der Waals surface area contributed by atoms with Crippen molar-refractivity contribution < 1.29 is 26.6 Å². The molecule has 0 radical (unpaired) electrons. The molecule has 162 valence electrons. The Hall–Kier alpha value is 0.411. The second-order valence-electron chi connectivity index (χ2n) is 8.18. The number of ether oxygens (including phenoxy) is 3. The van der Waals surface area contributed by atoms with Crippen LogP contribution in [0.25, 0.3) is 0 Å². The second-order valence-corrected chi connectivity index (χ2v) is 19.1. The van der Waals surface area contributed by atoms with Crippen molar-refractivity contribution in [2.45, 2.75) is 98.8 Å². The van der Waals surface area contributed by atoms with Crippen molar-refractivity contribution in [2.24, 2.45) is 0 Å². The fraction of sp³-hybridized carbons (Fsp3) is 1.00. The van der Waals surface area contributed by atoms with Gasteiger partial charge in [0.1, 0.15) is 0 Å². The van der Waals surface area contributed by atoms with Gasteiger partial charge < -0.3 is 26.6 Å². The fourth-order valence-corrected chi connectivity index (χ4v) is 19.9. The third-order valence-corrected chi connectivity index (χ3v) is 18.6. The van der Waals surface area contributed by atoms with Crippen LogP contribution in [-0.2, 0) is 26.6 Å². The molecule has 1 heterocycles. The average molecular weight is 439 g/mol. The van der Waals surface area contributed by atoms with Crippen LogP contribution in [-0.4, -0.2) is 62.7 Å². The first-order chi connectivity index (χ1) is 12.6. The molecule has 0 bridgehead atoms. The van der Waals surface area contributed by atoms with E-state index in [2.05, 4.69) is 62.3 Å². The van der Waals surface area contributed by atoms with Gasteiger partial charge in [-0.1, -0.05) is 20.8 Å². The van der Waals surface area contributed by atoms with Gasteiger partial charge in [-0.2, -0.15) is 0 Å². The molecule has 1 rings (SSSR count). The highest BCUT2D eigenvalue weighted by atomic mass is 28.5. The SMILES string of the molecule is CC[Si]1(COC(C)C)O[Si](CC)(COC(C)C)O[Si](CC)(COC(C)C)O1. The molecule has 6 nitrogen and oxygen atoms in total. The highest BCUT2D eigenvalue weighted by molar-refractivity contribution is 6.94. The molecule has 1 fully saturated rings. The van der Waals surface area contributed by atoms with E-state index in [1.165, 1.54) is 0 Å². The van der Waals surface area contributed by atoms with E-state index in [1.807, 2.05) is 0 Å². The highest BCUT2D eigenvalue weighted by Gasteiger charge is 2.61. The van der Waals surface area contributed by atoms with E-state index in [0.717, 1.165) is 18.1 Å². The summed E-state index contributed by atoms with van der Waals surface area (Å²) in [6, 6.07) is 2.53. The number of hydrogen-bond donors (Lipinski definition) is 0. The molecule has 9 heteroatoms. The van der Waals surface area contributed by atoms with Crippen LogP contribution in [0.3, 0.4) is 0 Å². The summed E-state index contributed by atoms with van der Waals surface area (Å²) in [4.78, 5) is 0. The predicted octanol–water partition coefficient (Wildman–Crippen LogP) is 4.33. The lowest BCUT2D eigenvalue weighted by Crippen LogP contribution is -2.74. The molecule has 0 aliphatic carbocycles. The molecule has 0 aromatic carbocycles. The molecule has 0 amide bonds. The Morgan fingerprint density at radius 3 is 0.889 bits per heavy atom. The van der Waals surface area contributed by atoms with Gasteiger partial charge in [-0.3, -0.25) is 0 Å². The van der Waals surface area contributed by atoms with Crippen molar-refractivity contribution in [2.75, 3.05) is 18.7 Å². The summed E-state index contributed by atoms with van der Waals surface area (Å²) in [5.74, 6) is 0. The zero-order valence-electron chi connectivity index (χ0n) is 18.9. The molecule has 0 aromatic rings. The summed E-state index contributed by atoms with van der Waals surface area (Å²) in [5.41, 5.74) is 0. The Kier molecular flexibility index (Phi) is 10.3. The lowest BCUT2D eigenvalue weighted by molar-refractivity contribution is 0.0486. The van der Waals surface area contributed by atoms with Crippen molar-refractivity contribution in [3.8, 4) is 0 Å². The van der Waals surface area contributed by atoms with Crippen molar-refractivity contribution in [1.82, 2.24) is 0 Å². The molecule has 0 unspecified atom stereocenters. The predicted molar refractivity (Wildman–Crippen MR) is 115 cm³/mol. The number of rotatable bonds is 12. The number of hydrogen-bond acceptors (Lipinski definition) is 6. The Morgan fingerprint density at radius 1 is 0.519 bits per heavy atom. The third kappa shape index (κ3) is 7.63. The van der Waals surface area contributed by atoms with E-state index >= 15 is 0 Å². The highest BCUT2D eigenvalue weighted by Crippen LogP contribution is 2.37. The Bertz CT molecular complexity index is 366. The van der Waals surface area contributed by atoms with Crippen LogP contribution in [0.4, 0.5) is 0 Å². The van der Waals surface area contributed by atoms with Gasteiger partial charge in [-0.15, -0.1) is 0 Å². The van der Waals surface area contributed by atoms with Crippen molar-refractivity contribution in [3.05, 3.63) is 0 Å². The summed E-state index contributed by atoms with van der Waals surface area (Å²) in [6.07, 6.45) is 2.05. The monoisotopic (exact) mass is 438 g/mol. The first-order valence-electron chi connectivity index (χ1n) is 10.5. The maximum Gasteiger partial charge on any atom is 0.347 e. The molecule has 0 saturated carbocycles. The van der Waals surface area contributed by atoms with E-state index in [1.54, 1.807) is 0 Å². The molecule has 0 aromatic heterocycles. The quantitative estimate of drug-likeness (QED) is 0.423. The lowest BCUT2D eigenvalue weighted by atomic mass is 10.5. The molecule has 0 spiro atoms. The first-order valence-corrected chi connectivity index (χ1v) is 17.2. The summed E-state index contributed by atoms with van der Waals surface area (Å²) in [7, 11) is -7.68. The zero-order chi connectivity index (χ0) is 20.7. The minimum atomic E-state index is -2.56.